The van der Waals surface area contributed by atoms with E-state index in [0.29, 0.717) is 17.9 Å². The number of aromatic nitrogens is 2. The van der Waals surface area contributed by atoms with Crippen molar-refractivity contribution in [1.82, 2.24) is 15.5 Å². The van der Waals surface area contributed by atoms with Gasteiger partial charge in [0.25, 0.3) is 0 Å². The van der Waals surface area contributed by atoms with Crippen LogP contribution in [0, 0.1) is 5.82 Å². The Morgan fingerprint density at radius 1 is 1.32 bits per heavy atom. The highest BCUT2D eigenvalue weighted by atomic mass is 19.1. The molecule has 0 spiro atoms. The largest absolute Gasteiger partial charge is 0.496 e. The van der Waals surface area contributed by atoms with Gasteiger partial charge < -0.3 is 10.1 Å². The van der Waals surface area contributed by atoms with Gasteiger partial charge in [0.2, 0.25) is 0 Å². The number of benzene rings is 1. The van der Waals surface area contributed by atoms with Gasteiger partial charge in [-0.05, 0) is 31.2 Å². The van der Waals surface area contributed by atoms with Gasteiger partial charge in [0.05, 0.1) is 12.8 Å². The first-order chi connectivity index (χ1) is 9.22. The zero-order chi connectivity index (χ0) is 13.7. The molecule has 0 saturated heterocycles. The van der Waals surface area contributed by atoms with Crippen molar-refractivity contribution in [2.24, 2.45) is 0 Å². The van der Waals surface area contributed by atoms with E-state index in [0.717, 1.165) is 5.69 Å². The van der Waals surface area contributed by atoms with Crippen LogP contribution in [0.3, 0.4) is 0 Å². The Kier molecular flexibility index (Phi) is 4.41. The third kappa shape index (κ3) is 3.26. The molecule has 0 amide bonds. The van der Waals surface area contributed by atoms with Crippen LogP contribution in [0.5, 0.6) is 5.75 Å². The minimum absolute atomic E-state index is 0.182. The maximum Gasteiger partial charge on any atom is 0.131 e. The fourth-order valence-corrected chi connectivity index (χ4v) is 1.90. The van der Waals surface area contributed by atoms with Crippen LogP contribution in [0.25, 0.3) is 0 Å². The Bertz CT molecular complexity index is 533. The summed E-state index contributed by atoms with van der Waals surface area (Å²) in [6.45, 7) is 2.41. The molecule has 1 aromatic heterocycles. The standard InChI is InChI=1S/C14H16FN3O/c1-10(16-9-11-5-4-8-17-18-11)14-12(15)6-3-7-13(14)19-2/h3-8,10,16H,9H2,1-2H3. The van der Waals surface area contributed by atoms with E-state index in [4.69, 9.17) is 4.74 Å². The molecule has 1 unspecified atom stereocenters. The molecule has 1 atom stereocenters. The van der Waals surface area contributed by atoms with E-state index in [2.05, 4.69) is 15.5 Å². The molecule has 1 heterocycles. The Labute approximate surface area is 111 Å². The predicted molar refractivity (Wildman–Crippen MR) is 70.2 cm³/mol. The van der Waals surface area contributed by atoms with E-state index in [9.17, 15) is 4.39 Å². The number of rotatable bonds is 5. The minimum atomic E-state index is -0.279. The number of methoxy groups -OCH3 is 1. The Morgan fingerprint density at radius 2 is 2.16 bits per heavy atom. The SMILES string of the molecule is COc1cccc(F)c1C(C)NCc1cccnn1. The van der Waals surface area contributed by atoms with E-state index in [1.807, 2.05) is 19.1 Å². The molecule has 2 aromatic rings. The van der Waals surface area contributed by atoms with Crippen LogP contribution in [0.2, 0.25) is 0 Å². The minimum Gasteiger partial charge on any atom is -0.496 e. The monoisotopic (exact) mass is 261 g/mol. The van der Waals surface area contributed by atoms with Gasteiger partial charge in [-0.3, -0.25) is 0 Å². The quantitative estimate of drug-likeness (QED) is 0.898. The molecule has 4 nitrogen and oxygen atoms in total. The molecule has 0 bridgehead atoms. The summed E-state index contributed by atoms with van der Waals surface area (Å²) in [5.74, 6) is 0.262. The summed E-state index contributed by atoms with van der Waals surface area (Å²) in [7, 11) is 1.54. The lowest BCUT2D eigenvalue weighted by molar-refractivity contribution is 0.393. The summed E-state index contributed by atoms with van der Waals surface area (Å²) in [6.07, 6.45) is 1.62. The zero-order valence-electron chi connectivity index (χ0n) is 10.9. The summed E-state index contributed by atoms with van der Waals surface area (Å²) in [5.41, 5.74) is 1.33. The summed E-state index contributed by atoms with van der Waals surface area (Å²) < 4.78 is 19.1. The lowest BCUT2D eigenvalue weighted by Gasteiger charge is -2.17. The highest BCUT2D eigenvalue weighted by molar-refractivity contribution is 5.36. The Morgan fingerprint density at radius 3 is 2.84 bits per heavy atom. The van der Waals surface area contributed by atoms with Crippen molar-refractivity contribution in [1.29, 1.82) is 0 Å². The number of ether oxygens (including phenoxy) is 1. The highest BCUT2D eigenvalue weighted by Crippen LogP contribution is 2.27. The molecule has 100 valence electrons. The molecule has 1 aromatic carbocycles. The van der Waals surface area contributed by atoms with Crippen LogP contribution in [0.1, 0.15) is 24.2 Å². The van der Waals surface area contributed by atoms with Crippen molar-refractivity contribution < 1.29 is 9.13 Å². The van der Waals surface area contributed by atoms with E-state index in [-0.39, 0.29) is 11.9 Å². The fourth-order valence-electron chi connectivity index (χ4n) is 1.90. The first-order valence-electron chi connectivity index (χ1n) is 6.04. The van der Waals surface area contributed by atoms with Crippen LogP contribution in [-0.4, -0.2) is 17.3 Å². The van der Waals surface area contributed by atoms with Crippen LogP contribution in [0.4, 0.5) is 4.39 Å². The van der Waals surface area contributed by atoms with Gasteiger partial charge in [0.1, 0.15) is 11.6 Å². The van der Waals surface area contributed by atoms with E-state index >= 15 is 0 Å². The molecule has 2 rings (SSSR count). The van der Waals surface area contributed by atoms with Gasteiger partial charge in [0, 0.05) is 24.3 Å². The molecule has 0 aliphatic heterocycles. The van der Waals surface area contributed by atoms with Crippen molar-refractivity contribution in [2.75, 3.05) is 7.11 Å². The molecular weight excluding hydrogens is 245 g/mol. The number of nitrogens with zero attached hydrogens (tertiary/aromatic N) is 2. The van der Waals surface area contributed by atoms with Crippen molar-refractivity contribution in [2.45, 2.75) is 19.5 Å². The van der Waals surface area contributed by atoms with Gasteiger partial charge in [-0.2, -0.15) is 10.2 Å². The molecule has 1 N–H and O–H groups in total. The van der Waals surface area contributed by atoms with Gasteiger partial charge >= 0.3 is 0 Å². The topological polar surface area (TPSA) is 47.0 Å². The molecular formula is C14H16FN3O. The van der Waals surface area contributed by atoms with Crippen molar-refractivity contribution >= 4 is 0 Å². The molecule has 0 aliphatic rings. The first-order valence-corrected chi connectivity index (χ1v) is 6.04. The second-order valence-corrected chi connectivity index (χ2v) is 4.17. The maximum atomic E-state index is 13.9. The van der Waals surface area contributed by atoms with Gasteiger partial charge in [-0.15, -0.1) is 0 Å². The average molecular weight is 261 g/mol. The summed E-state index contributed by atoms with van der Waals surface area (Å²) in [5, 5.41) is 11.0. The van der Waals surface area contributed by atoms with Crippen LogP contribution < -0.4 is 10.1 Å². The third-order valence-corrected chi connectivity index (χ3v) is 2.88. The van der Waals surface area contributed by atoms with Gasteiger partial charge in [-0.1, -0.05) is 6.07 Å². The van der Waals surface area contributed by atoms with E-state index in [1.54, 1.807) is 18.3 Å². The first kappa shape index (κ1) is 13.4. The number of hydrogen-bond donors (Lipinski definition) is 1. The fraction of sp³-hybridized carbons (Fsp3) is 0.286. The molecule has 0 saturated carbocycles. The smallest absolute Gasteiger partial charge is 0.131 e. The third-order valence-electron chi connectivity index (χ3n) is 2.88. The summed E-state index contributed by atoms with van der Waals surface area (Å²) >= 11 is 0. The molecule has 0 radical (unpaired) electrons. The van der Waals surface area contributed by atoms with E-state index in [1.165, 1.54) is 13.2 Å². The molecule has 19 heavy (non-hydrogen) atoms. The lowest BCUT2D eigenvalue weighted by Crippen LogP contribution is -2.20. The Hall–Kier alpha value is -2.01. The van der Waals surface area contributed by atoms with Crippen molar-refractivity contribution in [3.63, 3.8) is 0 Å². The second kappa shape index (κ2) is 6.24. The summed E-state index contributed by atoms with van der Waals surface area (Å²) in [6, 6.07) is 8.31. The maximum absolute atomic E-state index is 13.9. The molecule has 0 aliphatic carbocycles. The van der Waals surface area contributed by atoms with Crippen LogP contribution in [-0.2, 0) is 6.54 Å². The molecule has 0 fully saturated rings. The van der Waals surface area contributed by atoms with E-state index < -0.39 is 0 Å². The van der Waals surface area contributed by atoms with Gasteiger partial charge in [-0.25, -0.2) is 4.39 Å². The van der Waals surface area contributed by atoms with Crippen LogP contribution >= 0.6 is 0 Å². The summed E-state index contributed by atoms with van der Waals surface area (Å²) in [4.78, 5) is 0. The highest BCUT2D eigenvalue weighted by Gasteiger charge is 2.15. The second-order valence-electron chi connectivity index (χ2n) is 4.17. The normalized spacial score (nSPS) is 12.2. The Balaban J connectivity index is 2.10. The van der Waals surface area contributed by atoms with Gasteiger partial charge in [0.15, 0.2) is 0 Å². The number of hydrogen-bond acceptors (Lipinski definition) is 4. The number of halogens is 1. The molecule has 5 heteroatoms. The predicted octanol–water partition coefficient (Wildman–Crippen LogP) is 2.48. The zero-order valence-corrected chi connectivity index (χ0v) is 10.9. The van der Waals surface area contributed by atoms with Crippen molar-refractivity contribution in [3.8, 4) is 5.75 Å². The lowest BCUT2D eigenvalue weighted by atomic mass is 10.1. The average Bonchev–Trinajstić information content (AvgIpc) is 2.45. The van der Waals surface area contributed by atoms with Crippen molar-refractivity contribution in [3.05, 3.63) is 53.6 Å². The van der Waals surface area contributed by atoms with Crippen LogP contribution in [0.15, 0.2) is 36.5 Å². The number of nitrogens with one attached hydrogen (secondary N) is 1.